The van der Waals surface area contributed by atoms with Crippen LogP contribution in [0.25, 0.3) is 0 Å². The molecule has 4 rings (SSSR count). The first-order chi connectivity index (χ1) is 20.2. The molecule has 0 bridgehead atoms. The molecule has 10 heteroatoms. The van der Waals surface area contributed by atoms with Gasteiger partial charge in [-0.25, -0.2) is 0 Å². The van der Waals surface area contributed by atoms with Crippen LogP contribution in [0.4, 0.5) is 0 Å². The molecule has 1 fully saturated rings. The lowest BCUT2D eigenvalue weighted by Gasteiger charge is -2.44. The number of hydrogen-bond acceptors (Lipinski definition) is 10. The Hall–Kier alpha value is -3.96. The second kappa shape index (κ2) is 13.8. The zero-order valence-electron chi connectivity index (χ0n) is 24.2. The van der Waals surface area contributed by atoms with E-state index in [4.69, 9.17) is 33.2 Å². The third-order valence-corrected chi connectivity index (χ3v) is 7.09. The molecule has 0 aliphatic carbocycles. The van der Waals surface area contributed by atoms with Crippen molar-refractivity contribution in [1.82, 2.24) is 0 Å². The fourth-order valence-electron chi connectivity index (χ4n) is 5.14. The molecular formula is C32H36O10. The van der Waals surface area contributed by atoms with Crippen LogP contribution in [0.2, 0.25) is 0 Å². The lowest BCUT2D eigenvalue weighted by Crippen LogP contribution is -2.61. The van der Waals surface area contributed by atoms with E-state index in [1.165, 1.54) is 21.0 Å². The fourth-order valence-corrected chi connectivity index (χ4v) is 5.14. The minimum absolute atomic E-state index is 0.168. The highest BCUT2D eigenvalue weighted by molar-refractivity contribution is 5.67. The molecule has 1 heterocycles. The Morgan fingerprint density at radius 2 is 1.21 bits per heavy atom. The van der Waals surface area contributed by atoms with Crippen molar-refractivity contribution in [2.24, 2.45) is 0 Å². The SMILES string of the molecule is COc1ccc(C(OC[C@H]2O[C@H](OC)[C@H](OC(C)=O)[C@@H](OC(C)=O)[C@@H]2O)(c2ccccc2)c2ccc(OC)cc2)cc1. The number of benzene rings is 3. The van der Waals surface area contributed by atoms with E-state index in [1.54, 1.807) is 14.2 Å². The van der Waals surface area contributed by atoms with Gasteiger partial charge in [-0.1, -0.05) is 54.6 Å². The number of esters is 2. The maximum atomic E-state index is 12.0. The van der Waals surface area contributed by atoms with E-state index in [0.717, 1.165) is 16.7 Å². The summed E-state index contributed by atoms with van der Waals surface area (Å²) in [7, 11) is 4.55. The smallest absolute Gasteiger partial charge is 0.303 e. The summed E-state index contributed by atoms with van der Waals surface area (Å²) in [5.74, 6) is 0.0323. The maximum absolute atomic E-state index is 12.0. The molecule has 0 unspecified atom stereocenters. The summed E-state index contributed by atoms with van der Waals surface area (Å²) in [6, 6.07) is 24.6. The number of carbonyl (C=O) groups is 2. The van der Waals surface area contributed by atoms with E-state index >= 15 is 0 Å². The molecular weight excluding hydrogens is 544 g/mol. The maximum Gasteiger partial charge on any atom is 0.303 e. The van der Waals surface area contributed by atoms with Crippen LogP contribution in [0.15, 0.2) is 78.9 Å². The molecule has 1 saturated heterocycles. The molecule has 0 amide bonds. The number of rotatable bonds is 11. The van der Waals surface area contributed by atoms with E-state index in [0.29, 0.717) is 11.5 Å². The largest absolute Gasteiger partial charge is 0.497 e. The van der Waals surface area contributed by atoms with Crippen molar-refractivity contribution < 1.29 is 47.9 Å². The molecule has 5 atom stereocenters. The highest BCUT2D eigenvalue weighted by Crippen LogP contribution is 2.42. The van der Waals surface area contributed by atoms with Gasteiger partial charge in [-0.3, -0.25) is 9.59 Å². The molecule has 10 nitrogen and oxygen atoms in total. The fraction of sp³-hybridized carbons (Fsp3) is 0.375. The molecule has 1 N–H and O–H groups in total. The van der Waals surface area contributed by atoms with Crippen LogP contribution < -0.4 is 9.47 Å². The van der Waals surface area contributed by atoms with Crippen LogP contribution >= 0.6 is 0 Å². The zero-order chi connectivity index (χ0) is 30.3. The number of hydrogen-bond donors (Lipinski definition) is 1. The average Bonchev–Trinajstić information content (AvgIpc) is 3.00. The molecule has 1 aliphatic heterocycles. The third kappa shape index (κ3) is 6.57. The minimum Gasteiger partial charge on any atom is -0.497 e. The summed E-state index contributed by atoms with van der Waals surface area (Å²) in [4.78, 5) is 23.8. The topological polar surface area (TPSA) is 119 Å². The molecule has 0 aromatic heterocycles. The van der Waals surface area contributed by atoms with Gasteiger partial charge in [0, 0.05) is 21.0 Å². The van der Waals surface area contributed by atoms with Gasteiger partial charge >= 0.3 is 11.9 Å². The molecule has 224 valence electrons. The average molecular weight is 581 g/mol. The van der Waals surface area contributed by atoms with Crippen LogP contribution in [0.3, 0.4) is 0 Å². The Balaban J connectivity index is 1.79. The second-order valence-corrected chi connectivity index (χ2v) is 9.73. The van der Waals surface area contributed by atoms with Gasteiger partial charge in [-0.15, -0.1) is 0 Å². The first-order valence-electron chi connectivity index (χ1n) is 13.4. The summed E-state index contributed by atoms with van der Waals surface area (Å²) < 4.78 is 39.9. The van der Waals surface area contributed by atoms with Crippen LogP contribution in [0.5, 0.6) is 11.5 Å². The second-order valence-electron chi connectivity index (χ2n) is 9.73. The van der Waals surface area contributed by atoms with Crippen molar-refractivity contribution in [2.45, 2.75) is 50.2 Å². The third-order valence-electron chi connectivity index (χ3n) is 7.09. The summed E-state index contributed by atoms with van der Waals surface area (Å²) in [6.07, 6.45) is -6.03. The van der Waals surface area contributed by atoms with Crippen molar-refractivity contribution >= 4 is 11.9 Å². The number of carbonyl (C=O) groups excluding carboxylic acids is 2. The van der Waals surface area contributed by atoms with Crippen LogP contribution in [0, 0.1) is 0 Å². The molecule has 0 radical (unpaired) electrons. The Morgan fingerprint density at radius 1 is 0.738 bits per heavy atom. The summed E-state index contributed by atoms with van der Waals surface area (Å²) in [5.41, 5.74) is 1.18. The molecule has 1 aliphatic rings. The van der Waals surface area contributed by atoms with Crippen LogP contribution in [0.1, 0.15) is 30.5 Å². The molecule has 0 spiro atoms. The van der Waals surface area contributed by atoms with E-state index in [2.05, 4.69) is 0 Å². The lowest BCUT2D eigenvalue weighted by molar-refractivity contribution is -0.304. The van der Waals surface area contributed by atoms with Gasteiger partial charge in [0.15, 0.2) is 18.5 Å². The number of aliphatic hydroxyl groups excluding tert-OH is 1. The van der Waals surface area contributed by atoms with Gasteiger partial charge in [0.1, 0.15) is 29.3 Å². The van der Waals surface area contributed by atoms with Crippen LogP contribution in [-0.2, 0) is 38.9 Å². The number of methoxy groups -OCH3 is 3. The van der Waals surface area contributed by atoms with E-state index in [-0.39, 0.29) is 6.61 Å². The number of ether oxygens (including phenoxy) is 7. The van der Waals surface area contributed by atoms with Gasteiger partial charge in [-0.2, -0.15) is 0 Å². The molecule has 3 aromatic rings. The van der Waals surface area contributed by atoms with Crippen molar-refractivity contribution in [1.29, 1.82) is 0 Å². The number of aliphatic hydroxyl groups is 1. The zero-order valence-corrected chi connectivity index (χ0v) is 24.2. The molecule has 3 aromatic carbocycles. The van der Waals surface area contributed by atoms with Crippen molar-refractivity contribution in [2.75, 3.05) is 27.9 Å². The minimum atomic E-state index is -1.41. The van der Waals surface area contributed by atoms with Gasteiger partial charge in [0.2, 0.25) is 0 Å². The van der Waals surface area contributed by atoms with E-state index < -0.39 is 48.2 Å². The Kier molecular flexibility index (Phi) is 10.2. The summed E-state index contributed by atoms with van der Waals surface area (Å²) >= 11 is 0. The highest BCUT2D eigenvalue weighted by atomic mass is 16.7. The molecule has 42 heavy (non-hydrogen) atoms. The Bertz CT molecular complexity index is 1260. The highest BCUT2D eigenvalue weighted by Gasteiger charge is 2.51. The Labute approximate surface area is 245 Å². The first kappa shape index (κ1) is 31.0. The van der Waals surface area contributed by atoms with Gasteiger partial charge in [0.05, 0.1) is 20.8 Å². The van der Waals surface area contributed by atoms with Crippen molar-refractivity contribution in [3.63, 3.8) is 0 Å². The van der Waals surface area contributed by atoms with Crippen molar-refractivity contribution in [3.05, 3.63) is 95.6 Å². The predicted molar refractivity (Wildman–Crippen MR) is 151 cm³/mol. The summed E-state index contributed by atoms with van der Waals surface area (Å²) in [6.45, 7) is 2.24. The summed E-state index contributed by atoms with van der Waals surface area (Å²) in [5, 5.41) is 11.4. The van der Waals surface area contributed by atoms with E-state index in [9.17, 15) is 14.7 Å². The van der Waals surface area contributed by atoms with Crippen LogP contribution in [-0.4, -0.2) is 75.7 Å². The lowest BCUT2D eigenvalue weighted by atomic mass is 9.80. The first-order valence-corrected chi connectivity index (χ1v) is 13.4. The predicted octanol–water partition coefficient (Wildman–Crippen LogP) is 3.61. The van der Waals surface area contributed by atoms with Gasteiger partial charge in [0.25, 0.3) is 0 Å². The normalized spacial score (nSPS) is 22.2. The van der Waals surface area contributed by atoms with Crippen molar-refractivity contribution in [3.8, 4) is 11.5 Å². The van der Waals surface area contributed by atoms with E-state index in [1.807, 2.05) is 78.9 Å². The monoisotopic (exact) mass is 580 g/mol. The Morgan fingerprint density at radius 3 is 1.67 bits per heavy atom. The van der Waals surface area contributed by atoms with Gasteiger partial charge < -0.3 is 38.3 Å². The quantitative estimate of drug-likeness (QED) is 0.266. The molecule has 0 saturated carbocycles. The standard InChI is InChI=1S/C32H36O10/c1-20(33)40-29-28(35)27(42-31(38-5)30(29)41-21(2)34)19-39-32(22-9-7-6-8-10-22,23-11-15-25(36-3)16-12-23)24-13-17-26(37-4)18-14-24/h6-18,27-31,35H,19H2,1-5H3/t27-,28-,29+,30-,31+/m1/s1. The van der Waals surface area contributed by atoms with Gasteiger partial charge in [-0.05, 0) is 41.0 Å².